The minimum atomic E-state index is 0.719. The van der Waals surface area contributed by atoms with Crippen LogP contribution in [0, 0.1) is 0 Å². The zero-order chi connectivity index (χ0) is 15.5. The summed E-state index contributed by atoms with van der Waals surface area (Å²) < 4.78 is 10.4. The van der Waals surface area contributed by atoms with Crippen LogP contribution in [0.2, 0.25) is 0 Å². The van der Waals surface area contributed by atoms with Crippen LogP contribution in [0.3, 0.4) is 0 Å². The lowest BCUT2D eigenvalue weighted by atomic mass is 10.2. The predicted molar refractivity (Wildman–Crippen MR) is 89.5 cm³/mol. The summed E-state index contributed by atoms with van der Waals surface area (Å²) in [6.07, 6.45) is 3.18. The van der Waals surface area contributed by atoms with E-state index in [1.165, 1.54) is 10.6 Å². The molecule has 1 rings (SSSR count). The minimum absolute atomic E-state index is 0.719. The lowest BCUT2D eigenvalue weighted by Gasteiger charge is -2.21. The van der Waals surface area contributed by atoms with Crippen molar-refractivity contribution in [3.05, 3.63) is 10.6 Å². The molecule has 0 aliphatic heterocycles. The van der Waals surface area contributed by atoms with Gasteiger partial charge in [0.25, 0.3) is 0 Å². The minimum Gasteiger partial charge on any atom is -0.385 e. The van der Waals surface area contributed by atoms with Crippen molar-refractivity contribution in [2.24, 2.45) is 0 Å². The van der Waals surface area contributed by atoms with E-state index in [1.807, 2.05) is 7.05 Å². The molecule has 1 N–H and O–H groups in total. The molecule has 0 saturated heterocycles. The molecule has 0 fully saturated rings. The van der Waals surface area contributed by atoms with Crippen molar-refractivity contribution in [3.8, 4) is 0 Å². The van der Waals surface area contributed by atoms with E-state index in [-0.39, 0.29) is 0 Å². The molecule has 0 spiro atoms. The molecule has 0 atom stereocenters. The predicted octanol–water partition coefficient (Wildman–Crippen LogP) is 2.30. The Morgan fingerprint density at radius 2 is 1.95 bits per heavy atom. The topological polar surface area (TPSA) is 46.6 Å². The molecule has 0 aliphatic rings. The van der Waals surface area contributed by atoms with Crippen LogP contribution in [0.5, 0.6) is 0 Å². The van der Waals surface area contributed by atoms with Gasteiger partial charge in [-0.2, -0.15) is 0 Å². The van der Waals surface area contributed by atoms with E-state index in [9.17, 15) is 0 Å². The third-order valence-corrected chi connectivity index (χ3v) is 4.36. The van der Waals surface area contributed by atoms with Crippen molar-refractivity contribution in [1.29, 1.82) is 0 Å². The van der Waals surface area contributed by atoms with Crippen molar-refractivity contribution < 1.29 is 9.47 Å². The summed E-state index contributed by atoms with van der Waals surface area (Å²) in [4.78, 5) is 8.52. The number of anilines is 1. The van der Waals surface area contributed by atoms with Gasteiger partial charge in [-0.3, -0.25) is 0 Å². The van der Waals surface area contributed by atoms with Gasteiger partial charge in [0.15, 0.2) is 5.13 Å². The smallest absolute Gasteiger partial charge is 0.185 e. The monoisotopic (exact) mass is 315 g/mol. The van der Waals surface area contributed by atoms with Crippen LogP contribution in [0.1, 0.15) is 30.3 Å². The Hall–Kier alpha value is -0.690. The van der Waals surface area contributed by atoms with Gasteiger partial charge >= 0.3 is 0 Å². The molecule has 0 aromatic carbocycles. The van der Waals surface area contributed by atoms with Crippen molar-refractivity contribution in [2.45, 2.75) is 32.7 Å². The van der Waals surface area contributed by atoms with Crippen LogP contribution in [0.25, 0.3) is 0 Å². The molecule has 5 nitrogen and oxygen atoms in total. The zero-order valence-corrected chi connectivity index (χ0v) is 14.6. The summed E-state index contributed by atoms with van der Waals surface area (Å²) in [7, 11) is 5.47. The first-order valence-corrected chi connectivity index (χ1v) is 8.44. The maximum absolute atomic E-state index is 5.22. The average molecular weight is 315 g/mol. The van der Waals surface area contributed by atoms with Crippen molar-refractivity contribution in [1.82, 2.24) is 10.3 Å². The summed E-state index contributed by atoms with van der Waals surface area (Å²) in [5, 5.41) is 4.35. The standard InChI is InChI=1S/C15H29N3O2S/c1-5-7-13-14(12-16-2)21-15(17-13)18(9-11-20-4)8-6-10-19-3/h16H,5-12H2,1-4H3. The quantitative estimate of drug-likeness (QED) is 0.600. The maximum atomic E-state index is 5.22. The summed E-state index contributed by atoms with van der Waals surface area (Å²) >= 11 is 1.80. The van der Waals surface area contributed by atoms with E-state index in [1.54, 1.807) is 25.6 Å². The van der Waals surface area contributed by atoms with E-state index >= 15 is 0 Å². The fourth-order valence-electron chi connectivity index (χ4n) is 2.14. The summed E-state index contributed by atoms with van der Waals surface area (Å²) in [5.41, 5.74) is 1.24. The zero-order valence-electron chi connectivity index (χ0n) is 13.8. The second-order valence-corrected chi connectivity index (χ2v) is 6.03. The van der Waals surface area contributed by atoms with Gasteiger partial charge in [-0.05, 0) is 19.9 Å². The number of nitrogens with zero attached hydrogens (tertiary/aromatic N) is 2. The van der Waals surface area contributed by atoms with E-state index in [2.05, 4.69) is 17.1 Å². The van der Waals surface area contributed by atoms with Crippen molar-refractivity contribution in [2.75, 3.05) is 52.5 Å². The second kappa shape index (κ2) is 11.0. The highest BCUT2D eigenvalue weighted by Gasteiger charge is 2.15. The first kappa shape index (κ1) is 18.4. The van der Waals surface area contributed by atoms with Gasteiger partial charge < -0.3 is 19.7 Å². The third kappa shape index (κ3) is 6.30. The number of aromatic nitrogens is 1. The fraction of sp³-hybridized carbons (Fsp3) is 0.800. The first-order valence-electron chi connectivity index (χ1n) is 7.62. The molecule has 0 saturated carbocycles. The van der Waals surface area contributed by atoms with Gasteiger partial charge in [-0.25, -0.2) is 4.98 Å². The highest BCUT2D eigenvalue weighted by molar-refractivity contribution is 7.15. The third-order valence-electron chi connectivity index (χ3n) is 3.20. The Kier molecular flexibility index (Phi) is 9.58. The highest BCUT2D eigenvalue weighted by Crippen LogP contribution is 2.27. The number of thiazole rings is 1. The fourth-order valence-corrected chi connectivity index (χ4v) is 3.31. The van der Waals surface area contributed by atoms with Crippen molar-refractivity contribution in [3.63, 3.8) is 0 Å². The molecular weight excluding hydrogens is 286 g/mol. The number of ether oxygens (including phenoxy) is 2. The maximum Gasteiger partial charge on any atom is 0.185 e. The molecule has 0 radical (unpaired) electrons. The largest absolute Gasteiger partial charge is 0.385 e. The SMILES string of the molecule is CCCc1nc(N(CCCOC)CCOC)sc1CNC. The van der Waals surface area contributed by atoms with Gasteiger partial charge in [0.05, 0.1) is 12.3 Å². The molecule has 1 heterocycles. The Balaban J connectivity index is 2.80. The summed E-state index contributed by atoms with van der Waals surface area (Å²) in [6, 6.07) is 0. The number of hydrogen-bond acceptors (Lipinski definition) is 6. The molecule has 1 aromatic rings. The number of aryl methyl sites for hydroxylation is 1. The van der Waals surface area contributed by atoms with Crippen molar-refractivity contribution >= 4 is 16.5 Å². The van der Waals surface area contributed by atoms with E-state index in [0.717, 1.165) is 57.2 Å². The molecule has 0 bridgehead atoms. The lowest BCUT2D eigenvalue weighted by molar-refractivity contribution is 0.191. The van der Waals surface area contributed by atoms with Crippen LogP contribution in [0.15, 0.2) is 0 Å². The Labute approximate surface area is 132 Å². The van der Waals surface area contributed by atoms with Crippen LogP contribution in [-0.4, -0.2) is 52.6 Å². The molecule has 122 valence electrons. The number of rotatable bonds is 12. The Morgan fingerprint density at radius 1 is 1.19 bits per heavy atom. The second-order valence-electron chi connectivity index (χ2n) is 4.97. The van der Waals surface area contributed by atoms with Gasteiger partial charge in [-0.15, -0.1) is 11.3 Å². The van der Waals surface area contributed by atoms with E-state index in [4.69, 9.17) is 14.5 Å². The van der Waals surface area contributed by atoms with Crippen LogP contribution >= 0.6 is 11.3 Å². The molecule has 0 amide bonds. The number of hydrogen-bond donors (Lipinski definition) is 1. The first-order chi connectivity index (χ1) is 10.3. The summed E-state index contributed by atoms with van der Waals surface area (Å²) in [5.74, 6) is 0. The van der Waals surface area contributed by atoms with E-state index in [0.29, 0.717) is 0 Å². The van der Waals surface area contributed by atoms with Crippen LogP contribution in [-0.2, 0) is 22.4 Å². The van der Waals surface area contributed by atoms with Crippen LogP contribution in [0.4, 0.5) is 5.13 Å². The molecule has 0 aliphatic carbocycles. The molecule has 1 aromatic heterocycles. The van der Waals surface area contributed by atoms with E-state index < -0.39 is 0 Å². The average Bonchev–Trinajstić information content (AvgIpc) is 2.86. The number of nitrogens with one attached hydrogen (secondary N) is 1. The molecule has 0 unspecified atom stereocenters. The van der Waals surface area contributed by atoms with Gasteiger partial charge in [-0.1, -0.05) is 13.3 Å². The summed E-state index contributed by atoms with van der Waals surface area (Å²) in [6.45, 7) is 6.41. The van der Waals surface area contributed by atoms with Gasteiger partial charge in [0.1, 0.15) is 0 Å². The molecule has 21 heavy (non-hydrogen) atoms. The molecular formula is C15H29N3O2S. The number of methoxy groups -OCH3 is 2. The normalized spacial score (nSPS) is 11.0. The Bertz CT molecular complexity index is 361. The molecule has 6 heteroatoms. The van der Waals surface area contributed by atoms with Gasteiger partial charge in [0, 0.05) is 45.3 Å². The Morgan fingerprint density at radius 3 is 2.57 bits per heavy atom. The highest BCUT2D eigenvalue weighted by atomic mass is 32.1. The van der Waals surface area contributed by atoms with Gasteiger partial charge in [0.2, 0.25) is 0 Å². The van der Waals surface area contributed by atoms with Crippen LogP contribution < -0.4 is 10.2 Å². The lowest BCUT2D eigenvalue weighted by Crippen LogP contribution is -2.28.